The molecule has 0 radical (unpaired) electrons. The van der Waals surface area contributed by atoms with Crippen LogP contribution in [0.3, 0.4) is 0 Å². The van der Waals surface area contributed by atoms with Gasteiger partial charge in [-0.1, -0.05) is 19.3 Å². The van der Waals surface area contributed by atoms with E-state index in [0.717, 1.165) is 35.6 Å². The van der Waals surface area contributed by atoms with E-state index in [9.17, 15) is 0 Å². The standard InChI is InChI=1S/C18H23N3O2/c1-2-4-14(5-3-1)20-18-19-11-13-6-7-15(10-17(13)21-18)23-16-8-9-22-12-16/h6-7,10-11,14,16H,1-5,8-9,12H2,(H,19,20,21). The van der Waals surface area contributed by atoms with Crippen molar-refractivity contribution in [2.75, 3.05) is 18.5 Å². The predicted molar refractivity (Wildman–Crippen MR) is 89.9 cm³/mol. The quantitative estimate of drug-likeness (QED) is 0.935. The number of nitrogens with one attached hydrogen (secondary N) is 1. The van der Waals surface area contributed by atoms with Gasteiger partial charge in [0.1, 0.15) is 11.9 Å². The summed E-state index contributed by atoms with van der Waals surface area (Å²) in [5, 5.41) is 4.52. The molecule has 122 valence electrons. The molecule has 1 aliphatic heterocycles. The first-order valence-corrected chi connectivity index (χ1v) is 8.64. The topological polar surface area (TPSA) is 56.3 Å². The third kappa shape index (κ3) is 3.55. The summed E-state index contributed by atoms with van der Waals surface area (Å²) in [6.07, 6.45) is 9.38. The lowest BCUT2D eigenvalue weighted by Crippen LogP contribution is -2.23. The molecule has 4 rings (SSSR count). The summed E-state index contributed by atoms with van der Waals surface area (Å²) in [6, 6.07) is 6.51. The van der Waals surface area contributed by atoms with Gasteiger partial charge in [-0.2, -0.15) is 0 Å². The van der Waals surface area contributed by atoms with E-state index in [1.807, 2.05) is 24.4 Å². The van der Waals surface area contributed by atoms with Gasteiger partial charge in [0.25, 0.3) is 0 Å². The van der Waals surface area contributed by atoms with Gasteiger partial charge in [-0.25, -0.2) is 9.97 Å². The second kappa shape index (κ2) is 6.71. The number of aromatic nitrogens is 2. The van der Waals surface area contributed by atoms with Crippen LogP contribution in [0.4, 0.5) is 5.95 Å². The molecule has 0 amide bonds. The average molecular weight is 313 g/mol. The molecule has 1 aliphatic carbocycles. The SMILES string of the molecule is c1cc2cnc(NC3CCCCC3)nc2cc1OC1CCOC1. The molecular formula is C18H23N3O2. The Hall–Kier alpha value is -1.88. The highest BCUT2D eigenvalue weighted by Crippen LogP contribution is 2.24. The van der Waals surface area contributed by atoms with Crippen LogP contribution in [-0.4, -0.2) is 35.3 Å². The number of fused-ring (bicyclic) bond motifs is 1. The second-order valence-corrected chi connectivity index (χ2v) is 6.50. The number of benzene rings is 1. The van der Waals surface area contributed by atoms with Crippen LogP contribution in [0.5, 0.6) is 5.75 Å². The minimum atomic E-state index is 0.161. The molecule has 1 aromatic heterocycles. The van der Waals surface area contributed by atoms with Crippen LogP contribution in [0.2, 0.25) is 0 Å². The van der Waals surface area contributed by atoms with Gasteiger partial charge in [0.2, 0.25) is 5.95 Å². The molecule has 2 aromatic rings. The third-order valence-corrected chi connectivity index (χ3v) is 4.68. The number of hydrogen-bond donors (Lipinski definition) is 1. The van der Waals surface area contributed by atoms with Crippen LogP contribution in [0.1, 0.15) is 38.5 Å². The number of rotatable bonds is 4. The lowest BCUT2D eigenvalue weighted by atomic mass is 9.96. The molecule has 0 bridgehead atoms. The van der Waals surface area contributed by atoms with Crippen LogP contribution in [0.15, 0.2) is 24.4 Å². The zero-order valence-electron chi connectivity index (χ0n) is 13.3. The summed E-state index contributed by atoms with van der Waals surface area (Å²) in [5.74, 6) is 1.58. The Morgan fingerprint density at radius 2 is 2.04 bits per heavy atom. The van der Waals surface area contributed by atoms with Gasteiger partial charge in [-0.05, 0) is 25.0 Å². The number of hydrogen-bond acceptors (Lipinski definition) is 5. The maximum absolute atomic E-state index is 5.97. The zero-order chi connectivity index (χ0) is 15.5. The molecule has 2 heterocycles. The van der Waals surface area contributed by atoms with Crippen molar-refractivity contribution in [2.24, 2.45) is 0 Å². The summed E-state index contributed by atoms with van der Waals surface area (Å²) in [4.78, 5) is 9.12. The molecule has 1 unspecified atom stereocenters. The third-order valence-electron chi connectivity index (χ3n) is 4.68. The van der Waals surface area contributed by atoms with E-state index in [1.165, 1.54) is 32.1 Å². The first-order chi connectivity index (χ1) is 11.4. The molecule has 5 heteroatoms. The Morgan fingerprint density at radius 1 is 1.13 bits per heavy atom. The van der Waals surface area contributed by atoms with Crippen molar-refractivity contribution in [2.45, 2.75) is 50.7 Å². The fraction of sp³-hybridized carbons (Fsp3) is 0.556. The summed E-state index contributed by atoms with van der Waals surface area (Å²) in [7, 11) is 0. The zero-order valence-corrected chi connectivity index (χ0v) is 13.3. The van der Waals surface area contributed by atoms with Crippen molar-refractivity contribution in [3.63, 3.8) is 0 Å². The Kier molecular flexibility index (Phi) is 4.28. The predicted octanol–water partition coefficient (Wildman–Crippen LogP) is 3.54. The molecule has 5 nitrogen and oxygen atoms in total. The van der Waals surface area contributed by atoms with E-state index < -0.39 is 0 Å². The molecular weight excluding hydrogens is 290 g/mol. The molecule has 2 fully saturated rings. The van der Waals surface area contributed by atoms with E-state index in [2.05, 4.69) is 15.3 Å². The highest BCUT2D eigenvalue weighted by molar-refractivity contribution is 5.80. The van der Waals surface area contributed by atoms with Gasteiger partial charge in [-0.3, -0.25) is 0 Å². The Morgan fingerprint density at radius 3 is 2.87 bits per heavy atom. The van der Waals surface area contributed by atoms with Crippen molar-refractivity contribution in [1.29, 1.82) is 0 Å². The first-order valence-electron chi connectivity index (χ1n) is 8.64. The van der Waals surface area contributed by atoms with E-state index in [1.54, 1.807) is 0 Å². The van der Waals surface area contributed by atoms with Gasteiger partial charge >= 0.3 is 0 Å². The lowest BCUT2D eigenvalue weighted by Gasteiger charge is -2.22. The van der Waals surface area contributed by atoms with E-state index in [0.29, 0.717) is 12.6 Å². The molecule has 1 N–H and O–H groups in total. The molecule has 2 aliphatic rings. The van der Waals surface area contributed by atoms with Gasteiger partial charge < -0.3 is 14.8 Å². The van der Waals surface area contributed by atoms with Crippen LogP contribution >= 0.6 is 0 Å². The summed E-state index contributed by atoms with van der Waals surface area (Å²) < 4.78 is 11.3. The van der Waals surface area contributed by atoms with Crippen molar-refractivity contribution in [3.05, 3.63) is 24.4 Å². The first kappa shape index (κ1) is 14.7. The highest BCUT2D eigenvalue weighted by atomic mass is 16.5. The van der Waals surface area contributed by atoms with Crippen LogP contribution in [0.25, 0.3) is 10.9 Å². The molecule has 1 aromatic carbocycles. The molecule has 0 spiro atoms. The number of anilines is 1. The number of nitrogens with zero attached hydrogens (tertiary/aromatic N) is 2. The van der Waals surface area contributed by atoms with Gasteiger partial charge in [0.05, 0.1) is 18.7 Å². The van der Waals surface area contributed by atoms with Gasteiger partial charge in [0.15, 0.2) is 0 Å². The molecule has 1 saturated heterocycles. The largest absolute Gasteiger partial charge is 0.488 e. The smallest absolute Gasteiger partial charge is 0.223 e. The van der Waals surface area contributed by atoms with E-state index >= 15 is 0 Å². The molecule has 1 atom stereocenters. The Bertz CT molecular complexity index is 664. The minimum absolute atomic E-state index is 0.161. The molecule has 1 saturated carbocycles. The molecule has 23 heavy (non-hydrogen) atoms. The van der Waals surface area contributed by atoms with Crippen LogP contribution < -0.4 is 10.1 Å². The van der Waals surface area contributed by atoms with E-state index in [-0.39, 0.29) is 6.10 Å². The summed E-state index contributed by atoms with van der Waals surface area (Å²) in [5.41, 5.74) is 0.926. The Labute approximate surface area is 136 Å². The maximum atomic E-state index is 5.97. The average Bonchev–Trinajstić information content (AvgIpc) is 3.08. The van der Waals surface area contributed by atoms with E-state index in [4.69, 9.17) is 9.47 Å². The van der Waals surface area contributed by atoms with Gasteiger partial charge in [-0.15, -0.1) is 0 Å². The fourth-order valence-electron chi connectivity index (χ4n) is 3.37. The summed E-state index contributed by atoms with van der Waals surface area (Å²) in [6.45, 7) is 1.46. The van der Waals surface area contributed by atoms with Crippen molar-refractivity contribution >= 4 is 16.9 Å². The monoisotopic (exact) mass is 313 g/mol. The lowest BCUT2D eigenvalue weighted by molar-refractivity contribution is 0.141. The van der Waals surface area contributed by atoms with Crippen LogP contribution in [0, 0.1) is 0 Å². The van der Waals surface area contributed by atoms with Crippen molar-refractivity contribution in [3.8, 4) is 5.75 Å². The minimum Gasteiger partial charge on any atom is -0.488 e. The van der Waals surface area contributed by atoms with Gasteiger partial charge in [0, 0.05) is 30.1 Å². The van der Waals surface area contributed by atoms with Crippen molar-refractivity contribution in [1.82, 2.24) is 9.97 Å². The number of ether oxygens (including phenoxy) is 2. The second-order valence-electron chi connectivity index (χ2n) is 6.50. The normalized spacial score (nSPS) is 22.3. The van der Waals surface area contributed by atoms with Crippen LogP contribution in [-0.2, 0) is 4.74 Å². The fourth-order valence-corrected chi connectivity index (χ4v) is 3.37. The Balaban J connectivity index is 1.51. The maximum Gasteiger partial charge on any atom is 0.223 e. The van der Waals surface area contributed by atoms with Crippen molar-refractivity contribution < 1.29 is 9.47 Å². The highest BCUT2D eigenvalue weighted by Gasteiger charge is 2.18. The summed E-state index contributed by atoms with van der Waals surface area (Å²) >= 11 is 0.